The molecule has 1 rings (SSSR count). The normalized spacial score (nSPS) is 37.5. The first-order chi connectivity index (χ1) is 7.81. The lowest BCUT2D eigenvalue weighted by Gasteiger charge is -2.40. The van der Waals surface area contributed by atoms with Crippen molar-refractivity contribution < 1.29 is 35.1 Å². The molecule has 0 bridgehead atoms. The molecule has 0 aromatic heterocycles. The number of hydrogen-bond acceptors (Lipinski definition) is 7. The molecule has 1 fully saturated rings. The Bertz CT molecular complexity index is 287. The van der Waals surface area contributed by atoms with Gasteiger partial charge in [0.05, 0.1) is 6.61 Å². The standard InChI is InChI=1S/C9H17NO7/c10-4-1-2-9(16,8(14)15)17-7(4)6(13)5(12)3-11/h4-7,11-13,16H,1-3,10H2,(H,14,15)/t4-,5-,6-,7-,9?/m1/s1. The molecule has 0 radical (unpaired) electrons. The van der Waals surface area contributed by atoms with E-state index in [1.807, 2.05) is 0 Å². The number of nitrogens with two attached hydrogens (primary N) is 1. The van der Waals surface area contributed by atoms with Gasteiger partial charge in [0, 0.05) is 12.5 Å². The summed E-state index contributed by atoms with van der Waals surface area (Å²) in [6.45, 7) is -0.723. The molecule has 0 aliphatic carbocycles. The summed E-state index contributed by atoms with van der Waals surface area (Å²) in [5.41, 5.74) is 5.61. The van der Waals surface area contributed by atoms with E-state index in [9.17, 15) is 20.1 Å². The van der Waals surface area contributed by atoms with Gasteiger partial charge in [-0.1, -0.05) is 0 Å². The number of aliphatic carboxylic acids is 1. The monoisotopic (exact) mass is 251 g/mol. The van der Waals surface area contributed by atoms with E-state index in [4.69, 9.17) is 20.7 Å². The van der Waals surface area contributed by atoms with Crippen molar-refractivity contribution in [2.75, 3.05) is 6.61 Å². The zero-order chi connectivity index (χ0) is 13.2. The lowest BCUT2D eigenvalue weighted by molar-refractivity contribution is -0.277. The fourth-order valence-electron chi connectivity index (χ4n) is 1.71. The maximum Gasteiger partial charge on any atom is 0.364 e. The van der Waals surface area contributed by atoms with Crippen LogP contribution in [0.3, 0.4) is 0 Å². The highest BCUT2D eigenvalue weighted by molar-refractivity contribution is 5.75. The lowest BCUT2D eigenvalue weighted by atomic mass is 9.92. The molecule has 0 saturated carbocycles. The average Bonchev–Trinajstić information content (AvgIpc) is 2.30. The molecule has 0 aromatic carbocycles. The molecule has 1 saturated heterocycles. The second-order valence-corrected chi connectivity index (χ2v) is 4.12. The summed E-state index contributed by atoms with van der Waals surface area (Å²) in [4.78, 5) is 10.8. The van der Waals surface area contributed by atoms with Gasteiger partial charge >= 0.3 is 5.97 Å². The SMILES string of the molecule is N[C@@H]1CCC(O)(C(=O)O)O[C@H]1[C@H](O)[C@H](O)CO. The Morgan fingerprint density at radius 1 is 1.53 bits per heavy atom. The van der Waals surface area contributed by atoms with E-state index in [2.05, 4.69) is 0 Å². The Labute approximate surface area is 97.2 Å². The average molecular weight is 251 g/mol. The summed E-state index contributed by atoms with van der Waals surface area (Å²) in [5, 5.41) is 45.9. The predicted molar refractivity (Wildman–Crippen MR) is 53.8 cm³/mol. The first kappa shape index (κ1) is 14.3. The lowest BCUT2D eigenvalue weighted by Crippen LogP contribution is -2.60. The molecule has 0 aromatic rings. The van der Waals surface area contributed by atoms with Crippen molar-refractivity contribution in [2.45, 2.75) is 43.0 Å². The fraction of sp³-hybridized carbons (Fsp3) is 0.889. The molecule has 1 unspecified atom stereocenters. The van der Waals surface area contributed by atoms with Crippen molar-refractivity contribution in [3.63, 3.8) is 0 Å². The molecule has 8 nitrogen and oxygen atoms in total. The van der Waals surface area contributed by atoms with Crippen LogP contribution in [0.15, 0.2) is 0 Å². The van der Waals surface area contributed by atoms with E-state index in [0.717, 1.165) is 0 Å². The Hall–Kier alpha value is -0.770. The topological polar surface area (TPSA) is 153 Å². The molecule has 5 atom stereocenters. The Morgan fingerprint density at radius 2 is 2.12 bits per heavy atom. The van der Waals surface area contributed by atoms with Crippen LogP contribution >= 0.6 is 0 Å². The number of ether oxygens (including phenoxy) is 1. The van der Waals surface area contributed by atoms with Crippen LogP contribution in [0.2, 0.25) is 0 Å². The van der Waals surface area contributed by atoms with Crippen LogP contribution in [-0.4, -0.2) is 68.2 Å². The zero-order valence-electron chi connectivity index (χ0n) is 9.06. The summed E-state index contributed by atoms with van der Waals surface area (Å²) in [7, 11) is 0. The minimum Gasteiger partial charge on any atom is -0.477 e. The predicted octanol–water partition coefficient (Wildman–Crippen LogP) is -3.02. The van der Waals surface area contributed by atoms with Crippen LogP contribution in [0.25, 0.3) is 0 Å². The molecule has 8 heteroatoms. The van der Waals surface area contributed by atoms with Crippen molar-refractivity contribution in [3.05, 3.63) is 0 Å². The second kappa shape index (κ2) is 5.25. The first-order valence-corrected chi connectivity index (χ1v) is 5.18. The molecule has 1 aliphatic heterocycles. The van der Waals surface area contributed by atoms with E-state index in [0.29, 0.717) is 0 Å². The number of hydrogen-bond donors (Lipinski definition) is 6. The third-order valence-corrected chi connectivity index (χ3v) is 2.82. The first-order valence-electron chi connectivity index (χ1n) is 5.18. The Balaban J connectivity index is 2.79. The van der Waals surface area contributed by atoms with Gasteiger partial charge in [0.1, 0.15) is 18.3 Å². The molecule has 1 heterocycles. The number of rotatable bonds is 4. The highest BCUT2D eigenvalue weighted by Crippen LogP contribution is 2.28. The number of carboxylic acid groups (broad SMARTS) is 1. The van der Waals surface area contributed by atoms with Crippen molar-refractivity contribution in [3.8, 4) is 0 Å². The maximum absolute atomic E-state index is 10.8. The Kier molecular flexibility index (Phi) is 4.42. The summed E-state index contributed by atoms with van der Waals surface area (Å²) < 4.78 is 4.84. The van der Waals surface area contributed by atoms with Gasteiger partial charge in [-0.05, 0) is 6.42 Å². The van der Waals surface area contributed by atoms with Crippen LogP contribution in [0, 0.1) is 0 Å². The molecule has 17 heavy (non-hydrogen) atoms. The van der Waals surface area contributed by atoms with Crippen molar-refractivity contribution in [2.24, 2.45) is 5.73 Å². The quantitative estimate of drug-likeness (QED) is 0.308. The van der Waals surface area contributed by atoms with Gasteiger partial charge < -0.3 is 36.0 Å². The maximum atomic E-state index is 10.8. The highest BCUT2D eigenvalue weighted by Gasteiger charge is 2.48. The van der Waals surface area contributed by atoms with Crippen LogP contribution in [-0.2, 0) is 9.53 Å². The Morgan fingerprint density at radius 3 is 2.59 bits per heavy atom. The van der Waals surface area contributed by atoms with E-state index in [1.54, 1.807) is 0 Å². The van der Waals surface area contributed by atoms with Crippen LogP contribution in [0.1, 0.15) is 12.8 Å². The molecule has 0 spiro atoms. The van der Waals surface area contributed by atoms with E-state index in [1.165, 1.54) is 0 Å². The second-order valence-electron chi connectivity index (χ2n) is 4.12. The van der Waals surface area contributed by atoms with Gasteiger partial charge in [-0.25, -0.2) is 4.79 Å². The summed E-state index contributed by atoms with van der Waals surface area (Å²) in [5.74, 6) is -4.00. The third-order valence-electron chi connectivity index (χ3n) is 2.82. The smallest absolute Gasteiger partial charge is 0.364 e. The molecule has 7 N–H and O–H groups in total. The molecule has 1 aliphatic rings. The molecular formula is C9H17NO7. The number of aliphatic hydroxyl groups excluding tert-OH is 3. The highest BCUT2D eigenvalue weighted by atomic mass is 16.7. The zero-order valence-corrected chi connectivity index (χ0v) is 9.06. The largest absolute Gasteiger partial charge is 0.477 e. The summed E-state index contributed by atoms with van der Waals surface area (Å²) in [6, 6.07) is -0.731. The van der Waals surface area contributed by atoms with E-state index in [-0.39, 0.29) is 12.8 Å². The van der Waals surface area contributed by atoms with Crippen LogP contribution < -0.4 is 5.73 Å². The van der Waals surface area contributed by atoms with Crippen LogP contribution in [0.5, 0.6) is 0 Å². The van der Waals surface area contributed by atoms with Crippen LogP contribution in [0.4, 0.5) is 0 Å². The van der Waals surface area contributed by atoms with Crippen molar-refractivity contribution >= 4 is 5.97 Å². The number of carboxylic acids is 1. The van der Waals surface area contributed by atoms with Crippen molar-refractivity contribution in [1.82, 2.24) is 0 Å². The third kappa shape index (κ3) is 2.92. The minimum atomic E-state index is -2.42. The van der Waals surface area contributed by atoms with Crippen molar-refractivity contribution in [1.29, 1.82) is 0 Å². The molecular weight excluding hydrogens is 234 g/mol. The molecule has 0 amide bonds. The number of aliphatic hydroxyl groups is 4. The van der Waals surface area contributed by atoms with E-state index < -0.39 is 42.7 Å². The minimum absolute atomic E-state index is 0.114. The van der Waals surface area contributed by atoms with Gasteiger partial charge in [0.2, 0.25) is 0 Å². The fourth-order valence-corrected chi connectivity index (χ4v) is 1.71. The van der Waals surface area contributed by atoms with Gasteiger partial charge in [-0.2, -0.15) is 0 Å². The van der Waals surface area contributed by atoms with Gasteiger partial charge in [-0.15, -0.1) is 0 Å². The summed E-state index contributed by atoms with van der Waals surface area (Å²) >= 11 is 0. The van der Waals surface area contributed by atoms with Gasteiger partial charge in [-0.3, -0.25) is 0 Å². The summed E-state index contributed by atoms with van der Waals surface area (Å²) in [6.07, 6.45) is -4.43. The van der Waals surface area contributed by atoms with Gasteiger partial charge in [0.15, 0.2) is 0 Å². The van der Waals surface area contributed by atoms with E-state index >= 15 is 0 Å². The molecule has 100 valence electrons. The van der Waals surface area contributed by atoms with Gasteiger partial charge in [0.25, 0.3) is 5.79 Å². The number of carbonyl (C=O) groups is 1.